The highest BCUT2D eigenvalue weighted by atomic mass is 35.5. The lowest BCUT2D eigenvalue weighted by molar-refractivity contribution is 0.180. The molecule has 0 aromatic carbocycles. The fourth-order valence-electron chi connectivity index (χ4n) is 0.655. The van der Waals surface area contributed by atoms with Gasteiger partial charge >= 0.3 is 0 Å². The van der Waals surface area contributed by atoms with Crippen LogP contribution >= 0.6 is 23.2 Å². The molecule has 0 radical (unpaired) electrons. The first-order valence-electron chi connectivity index (χ1n) is 3.97. The van der Waals surface area contributed by atoms with Crippen LogP contribution in [0, 0.1) is 0 Å². The van der Waals surface area contributed by atoms with Gasteiger partial charge in [-0.25, -0.2) is 0 Å². The van der Waals surface area contributed by atoms with Crippen LogP contribution in [-0.2, 0) is 0 Å². The minimum atomic E-state index is -1.26. The third-order valence-corrected chi connectivity index (χ3v) is 1.56. The molecule has 1 unspecified atom stereocenters. The van der Waals surface area contributed by atoms with Crippen molar-refractivity contribution in [2.75, 3.05) is 0 Å². The lowest BCUT2D eigenvalue weighted by Crippen LogP contribution is -2.18. The predicted octanol–water partition coefficient (Wildman–Crippen LogP) is 2.38. The average Bonchev–Trinajstić information content (AvgIpc) is 1.81. The van der Waals surface area contributed by atoms with Gasteiger partial charge in [-0.2, -0.15) is 0 Å². The second kappa shape index (κ2) is 5.66. The SMILES string of the molecule is CC(C)O.OC1(Cl)C=CC=C(Cl)C1. The number of halogens is 2. The molecule has 0 amide bonds. The van der Waals surface area contributed by atoms with Crippen LogP contribution in [0.4, 0.5) is 0 Å². The van der Waals surface area contributed by atoms with E-state index in [0.717, 1.165) is 0 Å². The van der Waals surface area contributed by atoms with Crippen molar-refractivity contribution in [2.24, 2.45) is 0 Å². The van der Waals surface area contributed by atoms with E-state index in [0.29, 0.717) is 11.5 Å². The van der Waals surface area contributed by atoms with E-state index in [-0.39, 0.29) is 6.10 Å². The summed E-state index contributed by atoms with van der Waals surface area (Å²) in [6.07, 6.45) is 4.98. The lowest BCUT2D eigenvalue weighted by Gasteiger charge is -2.17. The highest BCUT2D eigenvalue weighted by molar-refractivity contribution is 6.31. The number of aliphatic hydroxyl groups excluding tert-OH is 1. The number of aliphatic hydroxyl groups is 2. The third-order valence-electron chi connectivity index (χ3n) is 1.05. The number of hydrogen-bond donors (Lipinski definition) is 2. The molecule has 0 heterocycles. The molecule has 0 saturated heterocycles. The van der Waals surface area contributed by atoms with Gasteiger partial charge in [0.1, 0.15) is 0 Å². The van der Waals surface area contributed by atoms with Gasteiger partial charge in [0, 0.05) is 17.6 Å². The van der Waals surface area contributed by atoms with E-state index in [1.54, 1.807) is 26.0 Å². The van der Waals surface area contributed by atoms with E-state index >= 15 is 0 Å². The Hall–Kier alpha value is -0.0200. The van der Waals surface area contributed by atoms with Gasteiger partial charge in [0.2, 0.25) is 0 Å². The summed E-state index contributed by atoms with van der Waals surface area (Å²) in [5.74, 6) is 0. The summed E-state index contributed by atoms with van der Waals surface area (Å²) in [4.78, 5) is 0. The molecule has 0 spiro atoms. The summed E-state index contributed by atoms with van der Waals surface area (Å²) in [6.45, 7) is 3.44. The van der Waals surface area contributed by atoms with E-state index in [1.807, 2.05) is 0 Å². The summed E-state index contributed by atoms with van der Waals surface area (Å²) in [7, 11) is 0. The zero-order chi connectivity index (χ0) is 10.5. The maximum Gasteiger partial charge on any atom is 0.162 e. The Morgan fingerprint density at radius 1 is 1.54 bits per heavy atom. The molecular formula is C9H14Cl2O2. The molecule has 0 bridgehead atoms. The summed E-state index contributed by atoms with van der Waals surface area (Å²) in [5.41, 5.74) is 0. The summed E-state index contributed by atoms with van der Waals surface area (Å²) in [6, 6.07) is 0. The molecule has 1 aliphatic carbocycles. The average molecular weight is 225 g/mol. The highest BCUT2D eigenvalue weighted by Crippen LogP contribution is 2.28. The van der Waals surface area contributed by atoms with Gasteiger partial charge in [-0.1, -0.05) is 29.3 Å². The highest BCUT2D eigenvalue weighted by Gasteiger charge is 2.22. The van der Waals surface area contributed by atoms with Crippen LogP contribution in [0.25, 0.3) is 0 Å². The van der Waals surface area contributed by atoms with Crippen LogP contribution in [-0.4, -0.2) is 21.4 Å². The molecular weight excluding hydrogens is 211 g/mol. The smallest absolute Gasteiger partial charge is 0.162 e. The van der Waals surface area contributed by atoms with E-state index in [9.17, 15) is 0 Å². The first-order valence-corrected chi connectivity index (χ1v) is 4.72. The van der Waals surface area contributed by atoms with Crippen molar-refractivity contribution in [3.05, 3.63) is 23.3 Å². The van der Waals surface area contributed by atoms with Crippen LogP contribution in [0.3, 0.4) is 0 Å². The quantitative estimate of drug-likeness (QED) is 0.621. The Morgan fingerprint density at radius 3 is 2.23 bits per heavy atom. The normalized spacial score (nSPS) is 26.5. The molecule has 13 heavy (non-hydrogen) atoms. The molecule has 0 aromatic heterocycles. The van der Waals surface area contributed by atoms with E-state index in [1.165, 1.54) is 6.08 Å². The van der Waals surface area contributed by atoms with Gasteiger partial charge in [0.25, 0.3) is 0 Å². The number of rotatable bonds is 0. The van der Waals surface area contributed by atoms with Gasteiger partial charge in [-0.05, 0) is 26.0 Å². The van der Waals surface area contributed by atoms with Crippen molar-refractivity contribution in [3.63, 3.8) is 0 Å². The monoisotopic (exact) mass is 224 g/mol. The Bertz CT molecular complexity index is 205. The lowest BCUT2D eigenvalue weighted by atomic mass is 10.1. The standard InChI is InChI=1S/C6H6Cl2O.C3H8O/c7-5-2-1-3-6(8,9)4-5;1-3(2)4/h1-3,9H,4H2;3-4H,1-2H3. The van der Waals surface area contributed by atoms with Crippen molar-refractivity contribution < 1.29 is 10.2 Å². The molecule has 1 atom stereocenters. The van der Waals surface area contributed by atoms with Crippen LogP contribution in [0.2, 0.25) is 0 Å². The Balaban J connectivity index is 0.000000310. The maximum absolute atomic E-state index is 9.10. The van der Waals surface area contributed by atoms with Crippen molar-refractivity contribution in [1.82, 2.24) is 0 Å². The molecule has 1 rings (SSSR count). The first kappa shape index (κ1) is 13.0. The third kappa shape index (κ3) is 8.31. The molecule has 0 saturated carbocycles. The van der Waals surface area contributed by atoms with Gasteiger partial charge in [-0.3, -0.25) is 0 Å². The molecule has 0 aromatic rings. The Kier molecular flexibility index (Phi) is 5.65. The maximum atomic E-state index is 9.10. The van der Waals surface area contributed by atoms with E-state index in [2.05, 4.69) is 0 Å². The Morgan fingerprint density at radius 2 is 2.00 bits per heavy atom. The number of alkyl halides is 1. The fraction of sp³-hybridized carbons (Fsp3) is 0.556. The minimum absolute atomic E-state index is 0.167. The second-order valence-electron chi connectivity index (χ2n) is 3.06. The van der Waals surface area contributed by atoms with E-state index in [4.69, 9.17) is 33.4 Å². The second-order valence-corrected chi connectivity index (χ2v) is 4.20. The van der Waals surface area contributed by atoms with Gasteiger partial charge in [0.05, 0.1) is 0 Å². The van der Waals surface area contributed by atoms with Crippen molar-refractivity contribution in [3.8, 4) is 0 Å². The number of hydrogen-bond acceptors (Lipinski definition) is 2. The summed E-state index contributed by atoms with van der Waals surface area (Å²) >= 11 is 11.1. The van der Waals surface area contributed by atoms with Crippen LogP contribution in [0.15, 0.2) is 23.3 Å². The van der Waals surface area contributed by atoms with Crippen LogP contribution in [0.5, 0.6) is 0 Å². The largest absolute Gasteiger partial charge is 0.394 e. The molecule has 0 fully saturated rings. The molecule has 2 nitrogen and oxygen atoms in total. The first-order chi connectivity index (χ1) is 5.83. The topological polar surface area (TPSA) is 40.5 Å². The zero-order valence-corrected chi connectivity index (χ0v) is 9.18. The van der Waals surface area contributed by atoms with Gasteiger partial charge < -0.3 is 10.2 Å². The molecule has 0 aliphatic heterocycles. The van der Waals surface area contributed by atoms with Crippen molar-refractivity contribution in [1.29, 1.82) is 0 Å². The Labute approximate surface area is 88.5 Å². The minimum Gasteiger partial charge on any atom is -0.394 e. The molecule has 2 N–H and O–H groups in total. The van der Waals surface area contributed by atoms with E-state index < -0.39 is 5.06 Å². The summed E-state index contributed by atoms with van der Waals surface area (Å²) < 4.78 is 0. The van der Waals surface area contributed by atoms with Gasteiger partial charge in [0.15, 0.2) is 5.06 Å². The molecule has 1 aliphatic rings. The number of allylic oxidation sites excluding steroid dienone is 2. The molecule has 4 heteroatoms. The predicted molar refractivity (Wildman–Crippen MR) is 55.9 cm³/mol. The van der Waals surface area contributed by atoms with Crippen LogP contribution < -0.4 is 0 Å². The van der Waals surface area contributed by atoms with Crippen molar-refractivity contribution in [2.45, 2.75) is 31.4 Å². The fourth-order valence-corrected chi connectivity index (χ4v) is 1.22. The molecule has 76 valence electrons. The van der Waals surface area contributed by atoms with Crippen LogP contribution in [0.1, 0.15) is 20.3 Å². The van der Waals surface area contributed by atoms with Gasteiger partial charge in [-0.15, -0.1) is 0 Å². The zero-order valence-electron chi connectivity index (χ0n) is 7.67. The van der Waals surface area contributed by atoms with Crippen molar-refractivity contribution >= 4 is 23.2 Å². The summed E-state index contributed by atoms with van der Waals surface area (Å²) in [5, 5.41) is 16.5.